The number of hydrogen-bond donors (Lipinski definition) is 1. The predicted molar refractivity (Wildman–Crippen MR) is 52.9 cm³/mol. The number of imidazole rings is 1. The van der Waals surface area contributed by atoms with Crippen molar-refractivity contribution in [2.24, 2.45) is 7.05 Å². The molecule has 0 aromatic carbocycles. The average molecular weight is 197 g/mol. The van der Waals surface area contributed by atoms with Crippen molar-refractivity contribution in [2.45, 2.75) is 13.3 Å². The summed E-state index contributed by atoms with van der Waals surface area (Å²) in [6.07, 6.45) is 3.90. The van der Waals surface area contributed by atoms with Crippen LogP contribution in [0.3, 0.4) is 0 Å². The molecule has 1 heterocycles. The normalized spacial score (nSPS) is 9.86. The Balaban J connectivity index is 2.22. The van der Waals surface area contributed by atoms with Crippen LogP contribution >= 0.6 is 0 Å². The van der Waals surface area contributed by atoms with Crippen LogP contribution in [0, 0.1) is 0 Å². The van der Waals surface area contributed by atoms with Gasteiger partial charge in [0.1, 0.15) is 0 Å². The molecule has 78 valence electrons. The molecule has 0 spiro atoms. The molecule has 0 unspecified atom stereocenters. The molecule has 0 aliphatic rings. The van der Waals surface area contributed by atoms with Crippen LogP contribution in [0.1, 0.15) is 13.3 Å². The fourth-order valence-corrected chi connectivity index (χ4v) is 1.05. The Morgan fingerprint density at radius 3 is 3.07 bits per heavy atom. The lowest BCUT2D eigenvalue weighted by molar-refractivity contribution is -0.142. The molecule has 1 aromatic heterocycles. The first kappa shape index (κ1) is 10.6. The van der Waals surface area contributed by atoms with Gasteiger partial charge in [-0.3, -0.25) is 4.79 Å². The van der Waals surface area contributed by atoms with Gasteiger partial charge in [-0.2, -0.15) is 0 Å². The van der Waals surface area contributed by atoms with Crippen molar-refractivity contribution in [3.8, 4) is 0 Å². The topological polar surface area (TPSA) is 56.1 Å². The molecule has 0 fully saturated rings. The fourth-order valence-electron chi connectivity index (χ4n) is 1.05. The molecule has 1 aromatic rings. The maximum atomic E-state index is 11.0. The quantitative estimate of drug-likeness (QED) is 0.709. The largest absolute Gasteiger partial charge is 0.466 e. The SMILES string of the molecule is CCOC(=O)CCNc1nccn1C. The number of hydrogen-bond acceptors (Lipinski definition) is 4. The number of aryl methyl sites for hydroxylation is 1. The molecule has 0 radical (unpaired) electrons. The van der Waals surface area contributed by atoms with E-state index in [1.54, 1.807) is 13.1 Å². The highest BCUT2D eigenvalue weighted by molar-refractivity contribution is 5.69. The van der Waals surface area contributed by atoms with E-state index in [1.807, 2.05) is 17.8 Å². The van der Waals surface area contributed by atoms with Gasteiger partial charge in [-0.25, -0.2) is 4.98 Å². The summed E-state index contributed by atoms with van der Waals surface area (Å²) >= 11 is 0. The van der Waals surface area contributed by atoms with E-state index < -0.39 is 0 Å². The third-order valence-electron chi connectivity index (χ3n) is 1.74. The van der Waals surface area contributed by atoms with Gasteiger partial charge >= 0.3 is 5.97 Å². The lowest BCUT2D eigenvalue weighted by Crippen LogP contribution is -2.13. The van der Waals surface area contributed by atoms with Crippen LogP contribution in [0.5, 0.6) is 0 Å². The van der Waals surface area contributed by atoms with E-state index in [9.17, 15) is 4.79 Å². The second kappa shape index (κ2) is 5.26. The first-order valence-corrected chi connectivity index (χ1v) is 4.61. The monoisotopic (exact) mass is 197 g/mol. The van der Waals surface area contributed by atoms with Crippen LogP contribution in [-0.2, 0) is 16.6 Å². The lowest BCUT2D eigenvalue weighted by Gasteiger charge is -2.05. The molecule has 14 heavy (non-hydrogen) atoms. The summed E-state index contributed by atoms with van der Waals surface area (Å²) in [6.45, 7) is 2.77. The zero-order valence-corrected chi connectivity index (χ0v) is 8.49. The van der Waals surface area contributed by atoms with E-state index in [4.69, 9.17) is 4.74 Å². The smallest absolute Gasteiger partial charge is 0.307 e. The van der Waals surface area contributed by atoms with Crippen LogP contribution < -0.4 is 5.32 Å². The van der Waals surface area contributed by atoms with Gasteiger partial charge in [-0.05, 0) is 6.92 Å². The molecule has 5 heteroatoms. The predicted octanol–water partition coefficient (Wildman–Crippen LogP) is 0.785. The van der Waals surface area contributed by atoms with E-state index in [0.717, 1.165) is 5.95 Å². The van der Waals surface area contributed by atoms with Gasteiger partial charge in [0.25, 0.3) is 0 Å². The van der Waals surface area contributed by atoms with Crippen molar-refractivity contribution >= 4 is 11.9 Å². The number of nitrogens with zero attached hydrogens (tertiary/aromatic N) is 2. The highest BCUT2D eigenvalue weighted by Gasteiger charge is 2.02. The molecule has 0 amide bonds. The van der Waals surface area contributed by atoms with Crippen molar-refractivity contribution in [1.82, 2.24) is 9.55 Å². The molecule has 1 N–H and O–H groups in total. The van der Waals surface area contributed by atoms with Crippen molar-refractivity contribution in [2.75, 3.05) is 18.5 Å². The molecule has 0 aliphatic carbocycles. The Labute approximate surface area is 83.1 Å². The summed E-state index contributed by atoms with van der Waals surface area (Å²) in [6, 6.07) is 0. The molecule has 0 aliphatic heterocycles. The molecule has 5 nitrogen and oxygen atoms in total. The number of rotatable bonds is 5. The molecule has 0 bridgehead atoms. The lowest BCUT2D eigenvalue weighted by atomic mass is 10.4. The van der Waals surface area contributed by atoms with Crippen molar-refractivity contribution in [3.63, 3.8) is 0 Å². The summed E-state index contributed by atoms with van der Waals surface area (Å²) in [5.74, 6) is 0.573. The maximum absolute atomic E-state index is 11.0. The van der Waals surface area contributed by atoms with E-state index >= 15 is 0 Å². The maximum Gasteiger partial charge on any atom is 0.307 e. The number of esters is 1. The molecule has 0 saturated carbocycles. The first-order chi connectivity index (χ1) is 6.74. The van der Waals surface area contributed by atoms with Gasteiger partial charge in [-0.1, -0.05) is 0 Å². The van der Waals surface area contributed by atoms with Crippen LogP contribution in [0.25, 0.3) is 0 Å². The van der Waals surface area contributed by atoms with Gasteiger partial charge < -0.3 is 14.6 Å². The van der Waals surface area contributed by atoms with E-state index in [0.29, 0.717) is 19.6 Å². The van der Waals surface area contributed by atoms with Gasteiger partial charge in [0.2, 0.25) is 5.95 Å². The molecular formula is C9H15N3O2. The Hall–Kier alpha value is -1.52. The number of carbonyl (C=O) groups excluding carboxylic acids is 1. The first-order valence-electron chi connectivity index (χ1n) is 4.61. The minimum atomic E-state index is -0.186. The number of carbonyl (C=O) groups is 1. The Morgan fingerprint density at radius 2 is 2.50 bits per heavy atom. The van der Waals surface area contributed by atoms with Crippen LogP contribution in [0.4, 0.5) is 5.95 Å². The Kier molecular flexibility index (Phi) is 3.97. The molecule has 0 saturated heterocycles. The van der Waals surface area contributed by atoms with E-state index in [-0.39, 0.29) is 5.97 Å². The second-order valence-electron chi connectivity index (χ2n) is 2.84. The fraction of sp³-hybridized carbons (Fsp3) is 0.556. The van der Waals surface area contributed by atoms with Crippen molar-refractivity contribution < 1.29 is 9.53 Å². The van der Waals surface area contributed by atoms with Crippen LogP contribution in [0.15, 0.2) is 12.4 Å². The minimum absolute atomic E-state index is 0.186. The summed E-state index contributed by atoms with van der Waals surface area (Å²) in [5.41, 5.74) is 0. The van der Waals surface area contributed by atoms with Gasteiger partial charge in [0.05, 0.1) is 13.0 Å². The number of nitrogens with one attached hydrogen (secondary N) is 1. The van der Waals surface area contributed by atoms with Crippen LogP contribution in [-0.4, -0.2) is 28.7 Å². The summed E-state index contributed by atoms with van der Waals surface area (Å²) in [4.78, 5) is 15.0. The standard InChI is InChI=1S/C9H15N3O2/c1-3-14-8(13)4-5-10-9-11-6-7-12(9)2/h6-7H,3-5H2,1-2H3,(H,10,11). The van der Waals surface area contributed by atoms with Gasteiger partial charge in [-0.15, -0.1) is 0 Å². The molecular weight excluding hydrogens is 182 g/mol. The summed E-state index contributed by atoms with van der Waals surface area (Å²) in [5, 5.41) is 3.03. The minimum Gasteiger partial charge on any atom is -0.466 e. The highest BCUT2D eigenvalue weighted by atomic mass is 16.5. The number of anilines is 1. The van der Waals surface area contributed by atoms with Crippen molar-refractivity contribution in [1.29, 1.82) is 0 Å². The molecule has 1 rings (SSSR count). The van der Waals surface area contributed by atoms with Gasteiger partial charge in [0, 0.05) is 26.0 Å². The second-order valence-corrected chi connectivity index (χ2v) is 2.84. The van der Waals surface area contributed by atoms with Crippen LogP contribution in [0.2, 0.25) is 0 Å². The zero-order chi connectivity index (χ0) is 10.4. The molecule has 0 atom stereocenters. The average Bonchev–Trinajstić information content (AvgIpc) is 2.52. The third-order valence-corrected chi connectivity index (χ3v) is 1.74. The highest BCUT2D eigenvalue weighted by Crippen LogP contribution is 2.00. The number of ether oxygens (including phenoxy) is 1. The van der Waals surface area contributed by atoms with Crippen molar-refractivity contribution in [3.05, 3.63) is 12.4 Å². The zero-order valence-electron chi connectivity index (χ0n) is 8.49. The van der Waals surface area contributed by atoms with E-state index in [2.05, 4.69) is 10.3 Å². The number of aromatic nitrogens is 2. The summed E-state index contributed by atoms with van der Waals surface area (Å²) in [7, 11) is 1.89. The Morgan fingerprint density at radius 1 is 1.71 bits per heavy atom. The third kappa shape index (κ3) is 3.08. The van der Waals surface area contributed by atoms with E-state index in [1.165, 1.54) is 0 Å². The Bertz CT molecular complexity index is 296. The van der Waals surface area contributed by atoms with Gasteiger partial charge in [0.15, 0.2) is 0 Å². The summed E-state index contributed by atoms with van der Waals surface area (Å²) < 4.78 is 6.64.